The zero-order valence-electron chi connectivity index (χ0n) is 16.4. The van der Waals surface area contributed by atoms with Crippen LogP contribution in [0.5, 0.6) is 0 Å². The van der Waals surface area contributed by atoms with E-state index in [0.29, 0.717) is 17.8 Å². The average Bonchev–Trinajstić information content (AvgIpc) is 2.99. The molecule has 3 aromatic rings. The van der Waals surface area contributed by atoms with Crippen molar-refractivity contribution in [1.29, 1.82) is 0 Å². The van der Waals surface area contributed by atoms with Crippen molar-refractivity contribution in [3.05, 3.63) is 71.8 Å². The molecule has 0 saturated heterocycles. The van der Waals surface area contributed by atoms with Gasteiger partial charge in [0.1, 0.15) is 5.82 Å². The molecule has 2 aromatic carbocycles. The van der Waals surface area contributed by atoms with Crippen molar-refractivity contribution in [2.45, 2.75) is 43.7 Å². The highest BCUT2D eigenvalue weighted by Gasteiger charge is 2.16. The number of hydrogen-bond acceptors (Lipinski definition) is 5. The summed E-state index contributed by atoms with van der Waals surface area (Å²) in [5, 5.41) is 11.3. The van der Waals surface area contributed by atoms with Crippen LogP contribution in [0.3, 0.4) is 0 Å². The van der Waals surface area contributed by atoms with Crippen LogP contribution in [0.25, 0.3) is 0 Å². The number of carbonyl (C=O) groups is 1. The van der Waals surface area contributed by atoms with E-state index in [2.05, 4.69) is 24.8 Å². The predicted octanol–water partition coefficient (Wildman–Crippen LogP) is 2.74. The number of sulfonamides is 1. The Labute approximate surface area is 175 Å². The van der Waals surface area contributed by atoms with Crippen molar-refractivity contribution in [2.75, 3.05) is 4.72 Å². The van der Waals surface area contributed by atoms with Crippen molar-refractivity contribution < 1.29 is 13.2 Å². The van der Waals surface area contributed by atoms with Gasteiger partial charge in [-0.15, -0.1) is 10.2 Å². The number of carbonyl (C=O) groups excluding carboxylic acids is 1. The maximum atomic E-state index is 12.5. The van der Waals surface area contributed by atoms with Gasteiger partial charge in [0.2, 0.25) is 0 Å². The molecule has 9 heteroatoms. The fourth-order valence-electron chi connectivity index (χ4n) is 3.44. The first-order valence-corrected chi connectivity index (χ1v) is 11.4. The highest BCUT2D eigenvalue weighted by atomic mass is 32.2. The third-order valence-corrected chi connectivity index (χ3v) is 6.44. The lowest BCUT2D eigenvalue weighted by atomic mass is 10.2. The highest BCUT2D eigenvalue weighted by molar-refractivity contribution is 7.92. The van der Waals surface area contributed by atoms with E-state index in [9.17, 15) is 13.2 Å². The van der Waals surface area contributed by atoms with Crippen molar-refractivity contribution in [3.63, 3.8) is 0 Å². The fraction of sp³-hybridized carbons (Fsp3) is 0.286. The summed E-state index contributed by atoms with van der Waals surface area (Å²) in [6.07, 6.45) is 4.30. The summed E-state index contributed by atoms with van der Waals surface area (Å²) in [7, 11) is -3.67. The molecule has 156 valence electrons. The molecule has 2 heterocycles. The number of nitrogens with one attached hydrogen (secondary N) is 2. The van der Waals surface area contributed by atoms with Crippen LogP contribution >= 0.6 is 0 Å². The molecule has 1 aliphatic rings. The largest absolute Gasteiger partial charge is 0.345 e. The molecule has 0 aliphatic carbocycles. The van der Waals surface area contributed by atoms with Crippen LogP contribution in [0.4, 0.5) is 5.69 Å². The Hall–Kier alpha value is -3.20. The Bertz CT molecular complexity index is 1130. The maximum absolute atomic E-state index is 12.5. The van der Waals surface area contributed by atoms with Gasteiger partial charge in [-0.05, 0) is 49.2 Å². The smallest absolute Gasteiger partial charge is 0.261 e. The minimum atomic E-state index is -3.67. The number of hydrogen-bond donors (Lipinski definition) is 2. The molecule has 1 aromatic heterocycles. The Morgan fingerprint density at radius 1 is 0.967 bits per heavy atom. The average molecular weight is 426 g/mol. The number of fused-ring (bicyclic) bond motifs is 1. The van der Waals surface area contributed by atoms with Crippen molar-refractivity contribution in [2.24, 2.45) is 0 Å². The van der Waals surface area contributed by atoms with Crippen LogP contribution in [0.2, 0.25) is 0 Å². The molecule has 8 nitrogen and oxygen atoms in total. The lowest BCUT2D eigenvalue weighted by molar-refractivity contribution is 0.0949. The quantitative estimate of drug-likeness (QED) is 0.632. The molecule has 0 unspecified atom stereocenters. The van der Waals surface area contributed by atoms with Gasteiger partial charge in [-0.25, -0.2) is 8.42 Å². The van der Waals surface area contributed by atoms with Gasteiger partial charge in [0, 0.05) is 24.2 Å². The number of benzene rings is 2. The van der Waals surface area contributed by atoms with Crippen molar-refractivity contribution in [3.8, 4) is 0 Å². The van der Waals surface area contributed by atoms with Crippen LogP contribution in [-0.4, -0.2) is 29.1 Å². The maximum Gasteiger partial charge on any atom is 0.261 e. The minimum Gasteiger partial charge on any atom is -0.345 e. The fourth-order valence-corrected chi connectivity index (χ4v) is 4.52. The monoisotopic (exact) mass is 425 g/mol. The summed E-state index contributed by atoms with van der Waals surface area (Å²) in [6.45, 7) is 1.18. The molecule has 0 fully saturated rings. The van der Waals surface area contributed by atoms with E-state index in [4.69, 9.17) is 0 Å². The van der Waals surface area contributed by atoms with Gasteiger partial charge in [-0.2, -0.15) is 0 Å². The molecule has 0 radical (unpaired) electrons. The summed E-state index contributed by atoms with van der Waals surface area (Å²) in [5.74, 6) is 1.48. The zero-order valence-corrected chi connectivity index (χ0v) is 17.2. The Morgan fingerprint density at radius 2 is 1.73 bits per heavy atom. The van der Waals surface area contributed by atoms with Gasteiger partial charge in [-0.3, -0.25) is 9.52 Å². The Balaban J connectivity index is 1.38. The molecule has 0 saturated carbocycles. The minimum absolute atomic E-state index is 0.180. The molecule has 0 atom stereocenters. The van der Waals surface area contributed by atoms with Crippen molar-refractivity contribution in [1.82, 2.24) is 20.1 Å². The van der Waals surface area contributed by atoms with Gasteiger partial charge < -0.3 is 9.88 Å². The number of nitrogens with zero attached hydrogens (tertiary/aromatic N) is 3. The van der Waals surface area contributed by atoms with Gasteiger partial charge in [0.15, 0.2) is 5.82 Å². The summed E-state index contributed by atoms with van der Waals surface area (Å²) in [5.41, 5.74) is 0.825. The van der Waals surface area contributed by atoms with Crippen LogP contribution in [-0.2, 0) is 29.5 Å². The molecule has 4 rings (SSSR count). The first-order valence-electron chi connectivity index (χ1n) is 9.90. The molecule has 1 aliphatic heterocycles. The van der Waals surface area contributed by atoms with Gasteiger partial charge in [0.25, 0.3) is 15.9 Å². The molecular formula is C21H23N5O3S. The zero-order chi connectivity index (χ0) is 21.0. The summed E-state index contributed by atoms with van der Waals surface area (Å²) in [6, 6.07) is 14.4. The number of aryl methyl sites for hydroxylation is 1. The summed E-state index contributed by atoms with van der Waals surface area (Å²) in [4.78, 5) is 12.7. The van der Waals surface area contributed by atoms with E-state index in [-0.39, 0.29) is 10.8 Å². The molecular weight excluding hydrogens is 402 g/mol. The number of rotatable bonds is 6. The van der Waals surface area contributed by atoms with E-state index in [0.717, 1.165) is 37.5 Å². The number of aromatic nitrogens is 3. The summed E-state index contributed by atoms with van der Waals surface area (Å²) >= 11 is 0. The van der Waals surface area contributed by atoms with Crippen molar-refractivity contribution >= 4 is 21.6 Å². The normalized spacial score (nSPS) is 13.9. The van der Waals surface area contributed by atoms with Crippen LogP contribution in [0.15, 0.2) is 59.5 Å². The second-order valence-corrected chi connectivity index (χ2v) is 8.86. The van der Waals surface area contributed by atoms with E-state index in [1.165, 1.54) is 18.6 Å². The first kappa shape index (κ1) is 20.1. The number of amides is 1. The third-order valence-electron chi connectivity index (χ3n) is 5.05. The Kier molecular flexibility index (Phi) is 5.80. The predicted molar refractivity (Wildman–Crippen MR) is 112 cm³/mol. The SMILES string of the molecule is O=C(NCc1nnc2n1CCCCC2)c1ccc(NS(=O)(=O)c2ccccc2)cc1. The van der Waals surface area contributed by atoms with E-state index in [1.54, 1.807) is 42.5 Å². The molecule has 2 N–H and O–H groups in total. The number of anilines is 1. The van der Waals surface area contributed by atoms with Gasteiger partial charge in [0.05, 0.1) is 11.4 Å². The molecule has 0 bridgehead atoms. The second-order valence-electron chi connectivity index (χ2n) is 7.17. The lowest BCUT2D eigenvalue weighted by Crippen LogP contribution is -2.25. The van der Waals surface area contributed by atoms with Crippen LogP contribution in [0.1, 0.15) is 41.3 Å². The molecule has 1 amide bonds. The molecule has 0 spiro atoms. The van der Waals surface area contributed by atoms with E-state index in [1.807, 2.05) is 0 Å². The van der Waals surface area contributed by atoms with Gasteiger partial charge >= 0.3 is 0 Å². The van der Waals surface area contributed by atoms with Crippen LogP contribution in [0, 0.1) is 0 Å². The van der Waals surface area contributed by atoms with Crippen LogP contribution < -0.4 is 10.0 Å². The third kappa shape index (κ3) is 4.51. The van der Waals surface area contributed by atoms with E-state index < -0.39 is 10.0 Å². The second kappa shape index (κ2) is 8.66. The topological polar surface area (TPSA) is 106 Å². The van der Waals surface area contributed by atoms with Gasteiger partial charge in [-0.1, -0.05) is 24.6 Å². The van der Waals surface area contributed by atoms with E-state index >= 15 is 0 Å². The first-order chi connectivity index (χ1) is 14.5. The lowest BCUT2D eigenvalue weighted by Gasteiger charge is -2.10. The summed E-state index contributed by atoms with van der Waals surface area (Å²) < 4.78 is 29.4. The standard InChI is InChI=1S/C21H23N5O3S/c27-21(22-15-20-24-23-19-9-5-2-6-14-26(19)20)16-10-12-17(13-11-16)25-30(28,29)18-7-3-1-4-8-18/h1,3-4,7-8,10-13,25H,2,5-6,9,14-15H2,(H,22,27). The molecule has 30 heavy (non-hydrogen) atoms. The Morgan fingerprint density at radius 3 is 2.50 bits per heavy atom. The highest BCUT2D eigenvalue weighted by Crippen LogP contribution is 2.17.